The van der Waals surface area contributed by atoms with Crippen LogP contribution in [0, 0.1) is 0 Å². The molecule has 0 amide bonds. The van der Waals surface area contributed by atoms with Gasteiger partial charge >= 0.3 is 0 Å². The molecule has 0 fully saturated rings. The highest BCUT2D eigenvalue weighted by Gasteiger charge is 2.51. The monoisotopic (exact) mass is 247 g/mol. The molecular formula is C14H19N2O2. The average molecular weight is 247 g/mol. The first-order valence-electron chi connectivity index (χ1n) is 6.06. The molecule has 0 aliphatic carbocycles. The van der Waals surface area contributed by atoms with Gasteiger partial charge in [0, 0.05) is 12.4 Å². The van der Waals surface area contributed by atoms with Crippen molar-refractivity contribution in [2.75, 3.05) is 6.61 Å². The van der Waals surface area contributed by atoms with E-state index in [1.807, 2.05) is 39.8 Å². The number of hydrogen-bond donors (Lipinski definition) is 1. The Hall–Kier alpha value is -1.23. The zero-order valence-electron chi connectivity index (χ0n) is 11.3. The number of pyridine rings is 1. The number of aliphatic hydroxyl groups excluding tert-OH is 1. The summed E-state index contributed by atoms with van der Waals surface area (Å²) in [7, 11) is 0. The van der Waals surface area contributed by atoms with E-state index in [2.05, 4.69) is 4.98 Å². The van der Waals surface area contributed by atoms with Crippen LogP contribution in [0.15, 0.2) is 30.1 Å². The predicted octanol–water partition coefficient (Wildman–Crippen LogP) is 2.05. The Labute approximate surface area is 108 Å². The molecule has 97 valence electrons. The summed E-state index contributed by atoms with van der Waals surface area (Å²) in [4.78, 5) is 4.10. The summed E-state index contributed by atoms with van der Waals surface area (Å²) in [6.07, 6.45) is 3.44. The molecule has 4 heteroatoms. The van der Waals surface area contributed by atoms with E-state index in [0.717, 1.165) is 21.8 Å². The molecule has 0 unspecified atom stereocenters. The van der Waals surface area contributed by atoms with Crippen LogP contribution in [0.3, 0.4) is 0 Å². The largest absolute Gasteiger partial charge is 0.392 e. The van der Waals surface area contributed by atoms with Crippen molar-refractivity contribution in [3.8, 4) is 0 Å². The van der Waals surface area contributed by atoms with Gasteiger partial charge in [0.1, 0.15) is 0 Å². The molecular weight excluding hydrogens is 228 g/mol. The lowest BCUT2D eigenvalue weighted by Gasteiger charge is -2.34. The maximum atomic E-state index is 12.4. The Morgan fingerprint density at radius 3 is 2.44 bits per heavy atom. The highest BCUT2D eigenvalue weighted by Crippen LogP contribution is 2.48. The van der Waals surface area contributed by atoms with Crippen LogP contribution in [-0.4, -0.2) is 32.8 Å². The molecule has 1 aliphatic rings. The smallest absolute Gasteiger partial charge is 0.0703 e. The molecule has 2 heterocycles. The van der Waals surface area contributed by atoms with Gasteiger partial charge in [-0.3, -0.25) is 4.98 Å². The van der Waals surface area contributed by atoms with E-state index < -0.39 is 11.1 Å². The minimum atomic E-state index is -0.691. The Bertz CT molecular complexity index is 478. The highest BCUT2D eigenvalue weighted by molar-refractivity contribution is 5.79. The van der Waals surface area contributed by atoms with Crippen LogP contribution in [-0.2, 0) is 5.21 Å². The van der Waals surface area contributed by atoms with E-state index in [-0.39, 0.29) is 6.61 Å². The second kappa shape index (κ2) is 4.16. The SMILES string of the molecule is CC1(C)C(CO)=C(c2cccnc2)C(C)(C)N1[O]. The summed E-state index contributed by atoms with van der Waals surface area (Å²) < 4.78 is 0. The number of aliphatic hydroxyl groups is 1. The zero-order valence-corrected chi connectivity index (χ0v) is 11.3. The lowest BCUT2D eigenvalue weighted by atomic mass is 9.87. The van der Waals surface area contributed by atoms with Crippen LogP contribution in [0.25, 0.3) is 5.57 Å². The van der Waals surface area contributed by atoms with E-state index in [1.165, 1.54) is 0 Å². The fourth-order valence-electron chi connectivity index (χ4n) is 2.91. The standard InChI is InChI=1S/C14H19N2O2/c1-13(2)11(9-17)12(14(3,4)16(13)18)10-6-5-7-15-8-10/h5-8,17H,9H2,1-4H3. The molecule has 1 radical (unpaired) electrons. The van der Waals surface area contributed by atoms with Crippen molar-refractivity contribution in [1.82, 2.24) is 10.0 Å². The molecule has 0 aromatic carbocycles. The maximum absolute atomic E-state index is 12.4. The second-order valence-electron chi connectivity index (χ2n) is 5.67. The molecule has 1 aliphatic heterocycles. The van der Waals surface area contributed by atoms with Crippen LogP contribution < -0.4 is 0 Å². The van der Waals surface area contributed by atoms with E-state index >= 15 is 0 Å². The topological polar surface area (TPSA) is 56.3 Å². The fraction of sp³-hybridized carbons (Fsp3) is 0.500. The van der Waals surface area contributed by atoms with Gasteiger partial charge in [0.05, 0.1) is 17.7 Å². The summed E-state index contributed by atoms with van der Waals surface area (Å²) in [6, 6.07) is 3.77. The quantitative estimate of drug-likeness (QED) is 0.870. The third-order valence-electron chi connectivity index (χ3n) is 3.78. The first kappa shape index (κ1) is 13.2. The zero-order chi connectivity index (χ0) is 13.6. The maximum Gasteiger partial charge on any atom is 0.0703 e. The van der Waals surface area contributed by atoms with Crippen LogP contribution in [0.1, 0.15) is 33.3 Å². The molecule has 0 saturated carbocycles. The van der Waals surface area contributed by atoms with E-state index in [9.17, 15) is 10.3 Å². The normalized spacial score (nSPS) is 22.6. The van der Waals surface area contributed by atoms with Crippen molar-refractivity contribution in [2.24, 2.45) is 0 Å². The molecule has 0 bridgehead atoms. The molecule has 0 spiro atoms. The van der Waals surface area contributed by atoms with Gasteiger partial charge in [0.2, 0.25) is 0 Å². The average Bonchev–Trinajstić information content (AvgIpc) is 2.47. The number of hydroxylamine groups is 2. The number of nitrogens with zero attached hydrogens (tertiary/aromatic N) is 2. The third kappa shape index (κ3) is 1.68. The predicted molar refractivity (Wildman–Crippen MR) is 68.9 cm³/mol. The molecule has 0 atom stereocenters. The molecule has 0 saturated heterocycles. The lowest BCUT2D eigenvalue weighted by Crippen LogP contribution is -2.47. The van der Waals surface area contributed by atoms with Crippen molar-refractivity contribution in [3.63, 3.8) is 0 Å². The number of hydrogen-bond acceptors (Lipinski definition) is 3. The summed E-state index contributed by atoms with van der Waals surface area (Å²) in [6.45, 7) is 7.34. The first-order valence-corrected chi connectivity index (χ1v) is 6.06. The van der Waals surface area contributed by atoms with E-state index in [1.54, 1.807) is 12.4 Å². The van der Waals surface area contributed by atoms with Crippen molar-refractivity contribution in [2.45, 2.75) is 38.8 Å². The van der Waals surface area contributed by atoms with Crippen LogP contribution in [0.5, 0.6) is 0 Å². The molecule has 18 heavy (non-hydrogen) atoms. The molecule has 2 rings (SSSR count). The van der Waals surface area contributed by atoms with Crippen LogP contribution in [0.4, 0.5) is 0 Å². The van der Waals surface area contributed by atoms with Gasteiger partial charge in [0.15, 0.2) is 0 Å². The Morgan fingerprint density at radius 1 is 1.28 bits per heavy atom. The Kier molecular flexibility index (Phi) is 3.05. The number of rotatable bonds is 2. The second-order valence-corrected chi connectivity index (χ2v) is 5.67. The Balaban J connectivity index is 2.67. The van der Waals surface area contributed by atoms with Crippen LogP contribution in [0.2, 0.25) is 0 Å². The van der Waals surface area contributed by atoms with Gasteiger partial charge in [0.25, 0.3) is 0 Å². The molecule has 1 N–H and O–H groups in total. The van der Waals surface area contributed by atoms with Crippen LogP contribution >= 0.6 is 0 Å². The van der Waals surface area contributed by atoms with Gasteiger partial charge < -0.3 is 5.11 Å². The van der Waals surface area contributed by atoms with Crippen molar-refractivity contribution in [1.29, 1.82) is 0 Å². The molecule has 4 nitrogen and oxygen atoms in total. The Morgan fingerprint density at radius 2 is 1.94 bits per heavy atom. The van der Waals surface area contributed by atoms with Gasteiger partial charge in [-0.15, -0.1) is 10.3 Å². The molecule has 1 aromatic rings. The summed E-state index contributed by atoms with van der Waals surface area (Å²) >= 11 is 0. The first-order chi connectivity index (χ1) is 8.33. The van der Waals surface area contributed by atoms with Gasteiger partial charge in [-0.05, 0) is 50.5 Å². The van der Waals surface area contributed by atoms with Crippen molar-refractivity contribution in [3.05, 3.63) is 35.7 Å². The third-order valence-corrected chi connectivity index (χ3v) is 3.78. The lowest BCUT2D eigenvalue weighted by molar-refractivity contribution is -0.237. The summed E-state index contributed by atoms with van der Waals surface area (Å²) in [5.41, 5.74) is 1.21. The van der Waals surface area contributed by atoms with Crippen molar-refractivity contribution < 1.29 is 10.3 Å². The number of aromatic nitrogens is 1. The van der Waals surface area contributed by atoms with Gasteiger partial charge in [-0.25, -0.2) is 0 Å². The highest BCUT2D eigenvalue weighted by atomic mass is 16.5. The van der Waals surface area contributed by atoms with Crippen molar-refractivity contribution >= 4 is 5.57 Å². The van der Waals surface area contributed by atoms with E-state index in [4.69, 9.17) is 0 Å². The summed E-state index contributed by atoms with van der Waals surface area (Å²) in [5.74, 6) is 0. The summed E-state index contributed by atoms with van der Waals surface area (Å²) in [5, 5.41) is 23.1. The van der Waals surface area contributed by atoms with Gasteiger partial charge in [-0.2, -0.15) is 0 Å². The molecule has 1 aromatic heterocycles. The van der Waals surface area contributed by atoms with E-state index in [0.29, 0.717) is 0 Å². The van der Waals surface area contributed by atoms with Gasteiger partial charge in [-0.1, -0.05) is 6.07 Å². The fourth-order valence-corrected chi connectivity index (χ4v) is 2.91. The minimum absolute atomic E-state index is 0.112. The minimum Gasteiger partial charge on any atom is -0.392 e.